The van der Waals surface area contributed by atoms with E-state index < -0.39 is 11.9 Å². The Morgan fingerprint density at radius 2 is 1.76 bits per heavy atom. The molecule has 2 aromatic carbocycles. The quantitative estimate of drug-likeness (QED) is 0.109. The molecule has 15 heteroatoms. The molecule has 7 rings (SSSR count). The van der Waals surface area contributed by atoms with Gasteiger partial charge in [0.25, 0.3) is 5.91 Å². The van der Waals surface area contributed by atoms with Crippen molar-refractivity contribution < 1.29 is 19.2 Å². The number of anilines is 3. The Hall–Kier alpha value is -5.86. The van der Waals surface area contributed by atoms with Crippen molar-refractivity contribution in [3.8, 4) is 17.1 Å². The van der Waals surface area contributed by atoms with Gasteiger partial charge in [-0.2, -0.15) is 9.67 Å². The smallest absolute Gasteiger partial charge is 0.255 e. The largest absolute Gasteiger partial charge is 0.385 e. The number of amides is 4. The zero-order valence-electron chi connectivity index (χ0n) is 27.6. The van der Waals surface area contributed by atoms with Crippen molar-refractivity contribution in [2.24, 2.45) is 0 Å². The standard InChI is InChI=1S/C35H39N11O4/c36-34-41-35(44-46(34)28-19-22-9-5-8-21-7-1-2-10-23(21)31(22)43-42-28)39-18-17-38-29(47)13-3-4-16-37-26-12-6-11-24-25(26)20-45(33(24)50)27-14-15-30(48)40-32(27)49/h1-2,6-7,10-12,19,27,37H,3-5,8-9,13-18,20H2,(H,38,47)(H,40,48,49)(H3,36,39,41,44). The molecule has 1 saturated heterocycles. The third-order valence-corrected chi connectivity index (χ3v) is 9.33. The molecule has 2 aliphatic heterocycles. The number of nitrogens with one attached hydrogen (secondary N) is 4. The Balaban J connectivity index is 0.830. The van der Waals surface area contributed by atoms with E-state index in [2.05, 4.69) is 53.7 Å². The van der Waals surface area contributed by atoms with Gasteiger partial charge < -0.3 is 26.6 Å². The van der Waals surface area contributed by atoms with Gasteiger partial charge in [-0.3, -0.25) is 24.5 Å². The zero-order valence-corrected chi connectivity index (χ0v) is 27.6. The Kier molecular flexibility index (Phi) is 9.36. The summed E-state index contributed by atoms with van der Waals surface area (Å²) in [5.74, 6) is 0.0196. The van der Waals surface area contributed by atoms with Gasteiger partial charge in [0.1, 0.15) is 6.04 Å². The number of benzene rings is 2. The van der Waals surface area contributed by atoms with E-state index in [1.54, 1.807) is 6.07 Å². The number of hydrogen-bond donors (Lipinski definition) is 5. The molecule has 50 heavy (non-hydrogen) atoms. The van der Waals surface area contributed by atoms with Gasteiger partial charge in [0.15, 0.2) is 5.82 Å². The monoisotopic (exact) mass is 677 g/mol. The van der Waals surface area contributed by atoms with Gasteiger partial charge in [-0.25, -0.2) is 0 Å². The van der Waals surface area contributed by atoms with Gasteiger partial charge in [-0.1, -0.05) is 30.3 Å². The van der Waals surface area contributed by atoms with Gasteiger partial charge in [0.2, 0.25) is 29.6 Å². The number of carbonyl (C=O) groups excluding carboxylic acids is 4. The fourth-order valence-corrected chi connectivity index (χ4v) is 6.80. The number of aromatic nitrogens is 5. The summed E-state index contributed by atoms with van der Waals surface area (Å²) in [4.78, 5) is 55.2. The van der Waals surface area contributed by atoms with Crippen molar-refractivity contribution in [3.05, 3.63) is 70.8 Å². The van der Waals surface area contributed by atoms with Crippen LogP contribution in [0.1, 0.15) is 65.6 Å². The molecular formula is C35H39N11O4. The van der Waals surface area contributed by atoms with E-state index in [9.17, 15) is 19.2 Å². The molecule has 0 radical (unpaired) electrons. The maximum absolute atomic E-state index is 13.0. The minimum Gasteiger partial charge on any atom is -0.385 e. The summed E-state index contributed by atoms with van der Waals surface area (Å²) >= 11 is 0. The second-order valence-electron chi connectivity index (χ2n) is 12.7. The Morgan fingerprint density at radius 1 is 0.920 bits per heavy atom. The zero-order chi connectivity index (χ0) is 34.6. The molecule has 0 bridgehead atoms. The fourth-order valence-electron chi connectivity index (χ4n) is 6.80. The molecule has 258 valence electrons. The average Bonchev–Trinajstić information content (AvgIpc) is 3.59. The van der Waals surface area contributed by atoms with E-state index in [1.807, 2.05) is 30.3 Å². The van der Waals surface area contributed by atoms with E-state index in [-0.39, 0.29) is 30.1 Å². The van der Waals surface area contributed by atoms with Crippen LogP contribution in [0, 0.1) is 0 Å². The van der Waals surface area contributed by atoms with Gasteiger partial charge in [0, 0.05) is 61.4 Å². The highest BCUT2D eigenvalue weighted by molar-refractivity contribution is 6.06. The van der Waals surface area contributed by atoms with E-state index in [0.29, 0.717) is 62.8 Å². The lowest BCUT2D eigenvalue weighted by Gasteiger charge is -2.29. The molecule has 4 heterocycles. The van der Waals surface area contributed by atoms with Crippen LogP contribution >= 0.6 is 0 Å². The van der Waals surface area contributed by atoms with Gasteiger partial charge >= 0.3 is 0 Å². The first-order valence-electron chi connectivity index (χ1n) is 17.0. The number of nitrogens with two attached hydrogens (primary N) is 1. The van der Waals surface area contributed by atoms with Crippen LogP contribution in [0.2, 0.25) is 0 Å². The van der Waals surface area contributed by atoms with E-state index in [1.165, 1.54) is 15.1 Å². The molecule has 1 atom stereocenters. The summed E-state index contributed by atoms with van der Waals surface area (Å²) in [6.07, 6.45) is 5.23. The number of aryl methyl sites for hydroxylation is 2. The normalized spacial score (nSPS) is 16.6. The summed E-state index contributed by atoms with van der Waals surface area (Å²) in [6.45, 7) is 1.73. The van der Waals surface area contributed by atoms with Crippen molar-refractivity contribution in [1.29, 1.82) is 0 Å². The van der Waals surface area contributed by atoms with Gasteiger partial charge in [-0.15, -0.1) is 15.3 Å². The molecule has 0 spiro atoms. The topological polar surface area (TPSA) is 202 Å². The third kappa shape index (κ3) is 6.84. The van der Waals surface area contributed by atoms with Crippen LogP contribution in [-0.4, -0.2) is 79.2 Å². The lowest BCUT2D eigenvalue weighted by atomic mass is 10.0. The number of piperidine rings is 1. The highest BCUT2D eigenvalue weighted by atomic mass is 16.2. The molecule has 6 N–H and O–H groups in total. The van der Waals surface area contributed by atoms with E-state index >= 15 is 0 Å². The average molecular weight is 678 g/mol. The van der Waals surface area contributed by atoms with Crippen LogP contribution in [0.15, 0.2) is 48.5 Å². The number of fused-ring (bicyclic) bond motifs is 4. The maximum Gasteiger partial charge on any atom is 0.255 e. The van der Waals surface area contributed by atoms with E-state index in [4.69, 9.17) is 5.73 Å². The first-order chi connectivity index (χ1) is 24.4. The van der Waals surface area contributed by atoms with Crippen molar-refractivity contribution >= 4 is 41.2 Å². The van der Waals surface area contributed by atoms with E-state index in [0.717, 1.165) is 53.8 Å². The summed E-state index contributed by atoms with van der Waals surface area (Å²) in [6, 6.07) is 15.1. The van der Waals surface area contributed by atoms with Crippen LogP contribution in [0.5, 0.6) is 0 Å². The Bertz CT molecular complexity index is 1960. The predicted molar refractivity (Wildman–Crippen MR) is 185 cm³/mol. The molecule has 1 aliphatic carbocycles. The highest BCUT2D eigenvalue weighted by Crippen LogP contribution is 2.33. The summed E-state index contributed by atoms with van der Waals surface area (Å²) in [7, 11) is 0. The van der Waals surface area contributed by atoms with Crippen molar-refractivity contribution in [1.82, 2.24) is 40.5 Å². The van der Waals surface area contributed by atoms with Crippen LogP contribution in [0.4, 0.5) is 17.6 Å². The molecule has 2 aromatic heterocycles. The predicted octanol–water partition coefficient (Wildman–Crippen LogP) is 2.37. The van der Waals surface area contributed by atoms with Crippen LogP contribution < -0.4 is 27.0 Å². The first kappa shape index (κ1) is 32.7. The first-order valence-corrected chi connectivity index (χ1v) is 17.0. The lowest BCUT2D eigenvalue weighted by molar-refractivity contribution is -0.137. The second-order valence-corrected chi connectivity index (χ2v) is 12.7. The van der Waals surface area contributed by atoms with Crippen LogP contribution in [0.3, 0.4) is 0 Å². The highest BCUT2D eigenvalue weighted by Gasteiger charge is 2.39. The fraction of sp³-hybridized carbons (Fsp3) is 0.371. The van der Waals surface area contributed by atoms with Crippen LogP contribution in [0.25, 0.3) is 17.1 Å². The molecule has 1 unspecified atom stereocenters. The Labute approximate surface area is 288 Å². The SMILES string of the molecule is Nc1nc(NCCNC(=O)CCCCNc2cccc3c2CN(C2CCC(=O)NC2=O)C3=O)nn1-c1cc2c(nn1)-c1ccccc1CCC2. The van der Waals surface area contributed by atoms with Gasteiger partial charge in [-0.05, 0) is 67.9 Å². The number of rotatable bonds is 12. The number of unbranched alkanes of at least 4 members (excludes halogenated alkanes) is 1. The van der Waals surface area contributed by atoms with Crippen LogP contribution in [-0.2, 0) is 33.8 Å². The number of imide groups is 1. The molecule has 3 aliphatic rings. The molecule has 15 nitrogen and oxygen atoms in total. The molecule has 0 saturated carbocycles. The summed E-state index contributed by atoms with van der Waals surface area (Å²) in [5, 5.41) is 25.1. The minimum absolute atomic E-state index is 0.0577. The summed E-state index contributed by atoms with van der Waals surface area (Å²) < 4.78 is 1.47. The number of carbonyl (C=O) groups is 4. The molecule has 4 aromatic rings. The van der Waals surface area contributed by atoms with Crippen molar-refractivity contribution in [2.75, 3.05) is 36.0 Å². The number of nitrogen functional groups attached to an aromatic ring is 1. The lowest BCUT2D eigenvalue weighted by Crippen LogP contribution is -2.52. The van der Waals surface area contributed by atoms with Crippen molar-refractivity contribution in [2.45, 2.75) is 64.0 Å². The Morgan fingerprint density at radius 3 is 2.64 bits per heavy atom. The second kappa shape index (κ2) is 14.3. The minimum atomic E-state index is -0.653. The molecule has 4 amide bonds. The van der Waals surface area contributed by atoms with Gasteiger partial charge in [0.05, 0.1) is 5.69 Å². The number of nitrogens with zero attached hydrogens (tertiary/aromatic N) is 6. The van der Waals surface area contributed by atoms with Crippen molar-refractivity contribution in [3.63, 3.8) is 0 Å². The number of hydrogen-bond acceptors (Lipinski definition) is 11. The third-order valence-electron chi connectivity index (χ3n) is 9.33. The maximum atomic E-state index is 13.0. The molecular weight excluding hydrogens is 638 g/mol. The molecule has 1 fully saturated rings. The summed E-state index contributed by atoms with van der Waals surface area (Å²) in [5.41, 5.74) is 12.8.